The first-order valence-corrected chi connectivity index (χ1v) is 5.46. The van der Waals surface area contributed by atoms with Crippen molar-refractivity contribution in [3.63, 3.8) is 0 Å². The van der Waals surface area contributed by atoms with Gasteiger partial charge in [-0.3, -0.25) is 4.79 Å². The van der Waals surface area contributed by atoms with E-state index in [-0.39, 0.29) is 24.0 Å². The number of carbonyl (C=O) groups is 1. The van der Waals surface area contributed by atoms with Crippen LogP contribution in [-0.4, -0.2) is 5.91 Å². The number of benzene rings is 1. The SMILES string of the molecule is Cc1cc(F)ccc1NC(=O)c1ccc(CN)o1. The summed E-state index contributed by atoms with van der Waals surface area (Å²) in [6, 6.07) is 7.34. The smallest absolute Gasteiger partial charge is 0.291 e. The summed E-state index contributed by atoms with van der Waals surface area (Å²) in [5, 5.41) is 2.65. The quantitative estimate of drug-likeness (QED) is 0.876. The van der Waals surface area contributed by atoms with Crippen molar-refractivity contribution in [3.8, 4) is 0 Å². The molecular formula is C13H13FN2O2. The standard InChI is InChI=1S/C13H13FN2O2/c1-8-6-9(14)2-4-11(8)16-13(17)12-5-3-10(7-15)18-12/h2-6H,7,15H2,1H3,(H,16,17). The molecule has 0 aliphatic rings. The summed E-state index contributed by atoms with van der Waals surface area (Å²) in [6.45, 7) is 1.95. The van der Waals surface area contributed by atoms with Gasteiger partial charge in [0, 0.05) is 5.69 Å². The molecule has 0 atom stereocenters. The third-order valence-electron chi connectivity index (χ3n) is 2.52. The Morgan fingerprint density at radius 3 is 2.78 bits per heavy atom. The van der Waals surface area contributed by atoms with Crippen LogP contribution >= 0.6 is 0 Å². The van der Waals surface area contributed by atoms with Gasteiger partial charge in [-0.05, 0) is 42.8 Å². The van der Waals surface area contributed by atoms with Gasteiger partial charge >= 0.3 is 0 Å². The van der Waals surface area contributed by atoms with Gasteiger partial charge in [0.05, 0.1) is 6.54 Å². The Morgan fingerprint density at radius 2 is 2.17 bits per heavy atom. The maximum absolute atomic E-state index is 12.9. The van der Waals surface area contributed by atoms with Crippen LogP contribution in [0.2, 0.25) is 0 Å². The molecule has 0 fully saturated rings. The number of nitrogens with one attached hydrogen (secondary N) is 1. The largest absolute Gasteiger partial charge is 0.455 e. The first kappa shape index (κ1) is 12.3. The van der Waals surface area contributed by atoms with E-state index in [1.807, 2.05) is 0 Å². The second-order valence-corrected chi connectivity index (χ2v) is 3.88. The second kappa shape index (κ2) is 5.01. The highest BCUT2D eigenvalue weighted by Crippen LogP contribution is 2.17. The third-order valence-corrected chi connectivity index (χ3v) is 2.52. The summed E-state index contributed by atoms with van der Waals surface area (Å²) < 4.78 is 18.1. The second-order valence-electron chi connectivity index (χ2n) is 3.88. The van der Waals surface area contributed by atoms with Crippen molar-refractivity contribution < 1.29 is 13.6 Å². The van der Waals surface area contributed by atoms with E-state index in [2.05, 4.69) is 5.32 Å². The van der Waals surface area contributed by atoms with Gasteiger partial charge in [-0.1, -0.05) is 0 Å². The molecule has 0 aliphatic carbocycles. The lowest BCUT2D eigenvalue weighted by atomic mass is 10.2. The molecule has 1 amide bonds. The lowest BCUT2D eigenvalue weighted by Crippen LogP contribution is -2.12. The highest BCUT2D eigenvalue weighted by molar-refractivity contribution is 6.02. The lowest BCUT2D eigenvalue weighted by Gasteiger charge is -2.06. The summed E-state index contributed by atoms with van der Waals surface area (Å²) in [7, 11) is 0. The number of nitrogens with two attached hydrogens (primary N) is 1. The average molecular weight is 248 g/mol. The van der Waals surface area contributed by atoms with Gasteiger partial charge in [0.1, 0.15) is 11.6 Å². The predicted molar refractivity (Wildman–Crippen MR) is 65.7 cm³/mol. The number of hydrogen-bond acceptors (Lipinski definition) is 3. The third kappa shape index (κ3) is 2.57. The molecule has 2 rings (SSSR count). The molecule has 1 aromatic carbocycles. The molecule has 0 unspecified atom stereocenters. The van der Waals surface area contributed by atoms with Crippen molar-refractivity contribution in [3.05, 3.63) is 53.2 Å². The Bertz CT molecular complexity index is 578. The van der Waals surface area contributed by atoms with Gasteiger partial charge < -0.3 is 15.5 Å². The van der Waals surface area contributed by atoms with Crippen LogP contribution in [0.3, 0.4) is 0 Å². The number of furan rings is 1. The normalized spacial score (nSPS) is 10.4. The summed E-state index contributed by atoms with van der Waals surface area (Å²) in [5.74, 6) is -0.00604. The predicted octanol–water partition coefficient (Wildman–Crippen LogP) is 2.44. The molecule has 5 heteroatoms. The number of halogens is 1. The molecule has 1 aromatic heterocycles. The summed E-state index contributed by atoms with van der Waals surface area (Å²) in [5.41, 5.74) is 6.58. The van der Waals surface area contributed by atoms with Crippen molar-refractivity contribution in [2.75, 3.05) is 5.32 Å². The Kier molecular flexibility index (Phi) is 3.43. The fourth-order valence-corrected chi connectivity index (χ4v) is 1.56. The number of amides is 1. The van der Waals surface area contributed by atoms with Crippen molar-refractivity contribution in [2.45, 2.75) is 13.5 Å². The molecule has 0 radical (unpaired) electrons. The first-order chi connectivity index (χ1) is 8.60. The molecule has 3 N–H and O–H groups in total. The van der Waals surface area contributed by atoms with E-state index in [1.54, 1.807) is 19.1 Å². The number of aryl methyl sites for hydroxylation is 1. The van der Waals surface area contributed by atoms with Crippen LogP contribution in [0.4, 0.5) is 10.1 Å². The number of hydrogen-bond donors (Lipinski definition) is 2. The number of carbonyl (C=O) groups excluding carboxylic acids is 1. The Morgan fingerprint density at radius 1 is 1.39 bits per heavy atom. The van der Waals surface area contributed by atoms with E-state index >= 15 is 0 Å². The number of anilines is 1. The van der Waals surface area contributed by atoms with Crippen LogP contribution in [0.5, 0.6) is 0 Å². The summed E-state index contributed by atoms with van der Waals surface area (Å²) in [4.78, 5) is 11.8. The molecular weight excluding hydrogens is 235 g/mol. The zero-order chi connectivity index (χ0) is 13.1. The molecule has 0 saturated carbocycles. The van der Waals surface area contributed by atoms with E-state index < -0.39 is 0 Å². The average Bonchev–Trinajstić information content (AvgIpc) is 2.81. The summed E-state index contributed by atoms with van der Waals surface area (Å²) >= 11 is 0. The molecule has 1 heterocycles. The maximum atomic E-state index is 12.9. The Hall–Kier alpha value is -2.14. The molecule has 0 bridgehead atoms. The molecule has 94 valence electrons. The molecule has 0 spiro atoms. The van der Waals surface area contributed by atoms with Gasteiger partial charge in [0.2, 0.25) is 0 Å². The van der Waals surface area contributed by atoms with Crippen LogP contribution < -0.4 is 11.1 Å². The minimum Gasteiger partial charge on any atom is -0.455 e. The van der Waals surface area contributed by atoms with Crippen LogP contribution in [0.25, 0.3) is 0 Å². The topological polar surface area (TPSA) is 68.3 Å². The molecule has 0 saturated heterocycles. The van der Waals surface area contributed by atoms with Crippen LogP contribution in [0.1, 0.15) is 21.9 Å². The van der Waals surface area contributed by atoms with E-state index in [4.69, 9.17) is 10.2 Å². The van der Waals surface area contributed by atoms with Crippen LogP contribution in [0, 0.1) is 12.7 Å². The number of rotatable bonds is 3. The molecule has 0 aliphatic heterocycles. The Labute approximate surface area is 104 Å². The van der Waals surface area contributed by atoms with Gasteiger partial charge in [0.15, 0.2) is 5.76 Å². The van der Waals surface area contributed by atoms with Crippen molar-refractivity contribution in [1.82, 2.24) is 0 Å². The van der Waals surface area contributed by atoms with Gasteiger partial charge in [-0.25, -0.2) is 4.39 Å². The van der Waals surface area contributed by atoms with Gasteiger partial charge in [-0.15, -0.1) is 0 Å². The monoisotopic (exact) mass is 248 g/mol. The van der Waals surface area contributed by atoms with Gasteiger partial charge in [0.25, 0.3) is 5.91 Å². The zero-order valence-corrected chi connectivity index (χ0v) is 9.87. The van der Waals surface area contributed by atoms with Gasteiger partial charge in [-0.2, -0.15) is 0 Å². The maximum Gasteiger partial charge on any atom is 0.291 e. The van der Waals surface area contributed by atoms with E-state index in [0.717, 1.165) is 0 Å². The summed E-state index contributed by atoms with van der Waals surface area (Å²) in [6.07, 6.45) is 0. The van der Waals surface area contributed by atoms with Crippen LogP contribution in [-0.2, 0) is 6.54 Å². The minimum absolute atomic E-state index is 0.180. The first-order valence-electron chi connectivity index (χ1n) is 5.46. The zero-order valence-electron chi connectivity index (χ0n) is 9.87. The van der Waals surface area contributed by atoms with Crippen LogP contribution in [0.15, 0.2) is 34.7 Å². The molecule has 2 aromatic rings. The van der Waals surface area contributed by atoms with Crippen molar-refractivity contribution in [1.29, 1.82) is 0 Å². The fraction of sp³-hybridized carbons (Fsp3) is 0.154. The highest BCUT2D eigenvalue weighted by atomic mass is 19.1. The highest BCUT2D eigenvalue weighted by Gasteiger charge is 2.12. The lowest BCUT2D eigenvalue weighted by molar-refractivity contribution is 0.0995. The van der Waals surface area contributed by atoms with Crippen molar-refractivity contribution >= 4 is 11.6 Å². The fourth-order valence-electron chi connectivity index (χ4n) is 1.56. The van der Waals surface area contributed by atoms with E-state index in [1.165, 1.54) is 18.2 Å². The minimum atomic E-state index is -0.385. The van der Waals surface area contributed by atoms with E-state index in [9.17, 15) is 9.18 Å². The van der Waals surface area contributed by atoms with Crippen molar-refractivity contribution in [2.24, 2.45) is 5.73 Å². The molecule has 4 nitrogen and oxygen atoms in total. The Balaban J connectivity index is 2.16. The molecule has 18 heavy (non-hydrogen) atoms. The van der Waals surface area contributed by atoms with E-state index in [0.29, 0.717) is 17.0 Å².